The highest BCUT2D eigenvalue weighted by molar-refractivity contribution is 5.96. The van der Waals surface area contributed by atoms with Gasteiger partial charge in [-0.1, -0.05) is 13.8 Å². The molecule has 0 aromatic carbocycles. The molecule has 0 aliphatic rings. The molecule has 0 saturated heterocycles. The lowest BCUT2D eigenvalue weighted by Crippen LogP contribution is -2.23. The number of hydrogen-bond donors (Lipinski definition) is 2. The fraction of sp³-hybridized carbons (Fsp3) is 0.333. The minimum Gasteiger partial charge on any atom is -0.467 e. The molecule has 9 nitrogen and oxygen atoms in total. The van der Waals surface area contributed by atoms with Gasteiger partial charge >= 0.3 is 5.97 Å². The molecule has 0 fully saturated rings. The Bertz CT molecular complexity index is 1100. The number of ether oxygens (including phenoxy) is 1. The van der Waals surface area contributed by atoms with Crippen LogP contribution in [0.3, 0.4) is 0 Å². The highest BCUT2D eigenvalue weighted by atomic mass is 16.5. The Hall–Kier alpha value is -3.80. The standard InChI is InChI=1S/C21H23N5O4/c1-12(2)19-17(9-23-25-19)21(28)30-11-18(27)24-20-16(8-22)13(3)14(4)26(20)10-15-6-5-7-29-15/h5-7,9,12H,10-11H2,1-4H3,(H,23,25)(H,24,27). The lowest BCUT2D eigenvalue weighted by Gasteiger charge is -2.12. The summed E-state index contributed by atoms with van der Waals surface area (Å²) < 4.78 is 12.3. The van der Waals surface area contributed by atoms with E-state index < -0.39 is 18.5 Å². The summed E-state index contributed by atoms with van der Waals surface area (Å²) >= 11 is 0. The van der Waals surface area contributed by atoms with Gasteiger partial charge in [-0.25, -0.2) is 4.79 Å². The summed E-state index contributed by atoms with van der Waals surface area (Å²) in [5.74, 6) is -0.108. The van der Waals surface area contributed by atoms with E-state index in [4.69, 9.17) is 9.15 Å². The Balaban J connectivity index is 1.74. The summed E-state index contributed by atoms with van der Waals surface area (Å²) in [6, 6.07) is 5.71. The molecule has 9 heteroatoms. The summed E-state index contributed by atoms with van der Waals surface area (Å²) in [7, 11) is 0. The molecule has 3 heterocycles. The van der Waals surface area contributed by atoms with Gasteiger partial charge < -0.3 is 19.0 Å². The molecule has 1 amide bonds. The first-order valence-electron chi connectivity index (χ1n) is 9.45. The van der Waals surface area contributed by atoms with Gasteiger partial charge in [0.05, 0.1) is 30.3 Å². The molecule has 0 aliphatic carbocycles. The second kappa shape index (κ2) is 8.69. The van der Waals surface area contributed by atoms with Gasteiger partial charge in [-0.3, -0.25) is 9.89 Å². The molecule has 3 aromatic rings. The molecular weight excluding hydrogens is 386 g/mol. The van der Waals surface area contributed by atoms with Gasteiger partial charge in [-0.2, -0.15) is 10.4 Å². The summed E-state index contributed by atoms with van der Waals surface area (Å²) in [6.07, 6.45) is 2.94. The van der Waals surface area contributed by atoms with E-state index in [1.807, 2.05) is 33.8 Å². The van der Waals surface area contributed by atoms with Crippen LogP contribution >= 0.6 is 0 Å². The summed E-state index contributed by atoms with van der Waals surface area (Å²) in [6.45, 7) is 7.37. The monoisotopic (exact) mass is 409 g/mol. The molecule has 156 valence electrons. The SMILES string of the molecule is Cc1c(C#N)c(NC(=O)COC(=O)c2cn[nH]c2C(C)C)n(Cc2ccco2)c1C. The van der Waals surface area contributed by atoms with Gasteiger partial charge in [0.15, 0.2) is 6.61 Å². The number of hydrogen-bond acceptors (Lipinski definition) is 6. The molecule has 2 N–H and O–H groups in total. The molecular formula is C21H23N5O4. The Labute approximate surface area is 173 Å². The summed E-state index contributed by atoms with van der Waals surface area (Å²) in [5, 5.41) is 18.9. The van der Waals surface area contributed by atoms with E-state index in [1.165, 1.54) is 6.20 Å². The Kier molecular flexibility index (Phi) is 6.06. The number of rotatable bonds is 7. The lowest BCUT2D eigenvalue weighted by molar-refractivity contribution is -0.119. The Morgan fingerprint density at radius 2 is 2.17 bits per heavy atom. The van der Waals surface area contributed by atoms with E-state index in [0.717, 1.165) is 11.3 Å². The van der Waals surface area contributed by atoms with Crippen LogP contribution in [-0.4, -0.2) is 33.2 Å². The third kappa shape index (κ3) is 4.12. The smallest absolute Gasteiger partial charge is 0.342 e. The number of nitriles is 1. The minimum absolute atomic E-state index is 0.0536. The average molecular weight is 409 g/mol. The van der Waals surface area contributed by atoms with Crippen molar-refractivity contribution in [2.24, 2.45) is 0 Å². The molecule has 0 spiro atoms. The van der Waals surface area contributed by atoms with Crippen molar-refractivity contribution >= 4 is 17.7 Å². The maximum atomic E-state index is 12.5. The van der Waals surface area contributed by atoms with E-state index in [2.05, 4.69) is 21.6 Å². The van der Waals surface area contributed by atoms with Crippen molar-refractivity contribution in [2.45, 2.75) is 40.2 Å². The van der Waals surface area contributed by atoms with Crippen molar-refractivity contribution in [3.05, 3.63) is 58.4 Å². The van der Waals surface area contributed by atoms with Crippen molar-refractivity contribution in [1.29, 1.82) is 5.26 Å². The average Bonchev–Trinajstić information content (AvgIpc) is 3.44. The summed E-state index contributed by atoms with van der Waals surface area (Å²) in [4.78, 5) is 24.8. The van der Waals surface area contributed by atoms with Crippen LogP contribution in [0.5, 0.6) is 0 Å². The molecule has 3 rings (SSSR count). The molecule has 0 atom stereocenters. The number of amides is 1. The fourth-order valence-corrected chi connectivity index (χ4v) is 3.16. The van der Waals surface area contributed by atoms with Gasteiger partial charge in [-0.05, 0) is 37.5 Å². The number of nitrogens with one attached hydrogen (secondary N) is 2. The van der Waals surface area contributed by atoms with Gasteiger partial charge in [0, 0.05) is 5.69 Å². The van der Waals surface area contributed by atoms with Gasteiger partial charge in [-0.15, -0.1) is 0 Å². The Morgan fingerprint density at radius 1 is 1.40 bits per heavy atom. The fourth-order valence-electron chi connectivity index (χ4n) is 3.16. The number of furan rings is 1. The zero-order valence-corrected chi connectivity index (χ0v) is 17.3. The van der Waals surface area contributed by atoms with Crippen molar-refractivity contribution in [2.75, 3.05) is 11.9 Å². The van der Waals surface area contributed by atoms with Gasteiger partial charge in [0.2, 0.25) is 0 Å². The van der Waals surface area contributed by atoms with E-state index in [-0.39, 0.29) is 5.92 Å². The second-order valence-electron chi connectivity index (χ2n) is 7.19. The predicted octanol–water partition coefficient (Wildman–Crippen LogP) is 3.26. The topological polar surface area (TPSA) is 126 Å². The van der Waals surface area contributed by atoms with Crippen LogP contribution in [0, 0.1) is 25.2 Å². The molecule has 0 bridgehead atoms. The molecule has 0 unspecified atom stereocenters. The molecule has 30 heavy (non-hydrogen) atoms. The first-order chi connectivity index (χ1) is 14.3. The number of esters is 1. The maximum Gasteiger partial charge on any atom is 0.342 e. The number of carbonyl (C=O) groups excluding carboxylic acids is 2. The molecule has 3 aromatic heterocycles. The largest absolute Gasteiger partial charge is 0.467 e. The zero-order valence-electron chi connectivity index (χ0n) is 17.3. The van der Waals surface area contributed by atoms with Gasteiger partial charge in [0.1, 0.15) is 23.2 Å². The molecule has 0 radical (unpaired) electrons. The van der Waals surface area contributed by atoms with Crippen LogP contribution < -0.4 is 5.32 Å². The minimum atomic E-state index is -0.638. The normalized spacial score (nSPS) is 10.8. The maximum absolute atomic E-state index is 12.5. The third-order valence-electron chi connectivity index (χ3n) is 4.89. The first kappa shape index (κ1) is 20.9. The van der Waals surface area contributed by atoms with Crippen LogP contribution in [0.15, 0.2) is 29.0 Å². The summed E-state index contributed by atoms with van der Waals surface area (Å²) in [5.41, 5.74) is 2.89. The predicted molar refractivity (Wildman–Crippen MR) is 108 cm³/mol. The quantitative estimate of drug-likeness (QED) is 0.577. The van der Waals surface area contributed by atoms with Crippen LogP contribution in [0.2, 0.25) is 0 Å². The van der Waals surface area contributed by atoms with Crippen LogP contribution in [-0.2, 0) is 16.1 Å². The van der Waals surface area contributed by atoms with Crippen molar-refractivity contribution in [1.82, 2.24) is 14.8 Å². The van der Waals surface area contributed by atoms with E-state index >= 15 is 0 Å². The molecule has 0 saturated carbocycles. The highest BCUT2D eigenvalue weighted by Gasteiger charge is 2.22. The number of H-pyrrole nitrogens is 1. The van der Waals surface area contributed by atoms with E-state index in [1.54, 1.807) is 16.9 Å². The van der Waals surface area contributed by atoms with E-state index in [9.17, 15) is 14.9 Å². The van der Waals surface area contributed by atoms with E-state index in [0.29, 0.717) is 34.9 Å². The number of anilines is 1. The van der Waals surface area contributed by atoms with Crippen LogP contribution in [0.1, 0.15) is 58.4 Å². The van der Waals surface area contributed by atoms with Crippen LogP contribution in [0.25, 0.3) is 0 Å². The Morgan fingerprint density at radius 3 is 2.80 bits per heavy atom. The lowest BCUT2D eigenvalue weighted by atomic mass is 10.1. The highest BCUT2D eigenvalue weighted by Crippen LogP contribution is 2.27. The second-order valence-corrected chi connectivity index (χ2v) is 7.19. The number of aromatic amines is 1. The first-order valence-corrected chi connectivity index (χ1v) is 9.45. The third-order valence-corrected chi connectivity index (χ3v) is 4.89. The van der Waals surface area contributed by atoms with Crippen molar-refractivity contribution in [3.63, 3.8) is 0 Å². The molecule has 0 aliphatic heterocycles. The zero-order chi connectivity index (χ0) is 21.8. The number of carbonyl (C=O) groups is 2. The van der Waals surface area contributed by atoms with Crippen molar-refractivity contribution < 1.29 is 18.7 Å². The van der Waals surface area contributed by atoms with Crippen LogP contribution in [0.4, 0.5) is 5.82 Å². The van der Waals surface area contributed by atoms with Gasteiger partial charge in [0.25, 0.3) is 5.91 Å². The number of nitrogens with zero attached hydrogens (tertiary/aromatic N) is 3. The number of aromatic nitrogens is 3. The van der Waals surface area contributed by atoms with Crippen molar-refractivity contribution in [3.8, 4) is 6.07 Å².